The van der Waals surface area contributed by atoms with E-state index in [9.17, 15) is 9.59 Å². The van der Waals surface area contributed by atoms with Crippen molar-refractivity contribution in [3.63, 3.8) is 0 Å². The van der Waals surface area contributed by atoms with Crippen LogP contribution in [0, 0.1) is 0 Å². The zero-order valence-corrected chi connectivity index (χ0v) is 17.3. The summed E-state index contributed by atoms with van der Waals surface area (Å²) in [6.45, 7) is 6.35. The molecule has 0 bridgehead atoms. The van der Waals surface area contributed by atoms with E-state index >= 15 is 0 Å². The number of aromatic nitrogens is 2. The van der Waals surface area contributed by atoms with E-state index in [0.717, 1.165) is 43.3 Å². The number of hydrogen-bond donors (Lipinski definition) is 0. The summed E-state index contributed by atoms with van der Waals surface area (Å²) in [5.41, 5.74) is 0. The van der Waals surface area contributed by atoms with Crippen molar-refractivity contribution in [1.82, 2.24) is 24.9 Å². The van der Waals surface area contributed by atoms with Crippen LogP contribution in [0.25, 0.3) is 0 Å². The number of anilines is 1. The van der Waals surface area contributed by atoms with Crippen molar-refractivity contribution < 1.29 is 9.59 Å². The number of nitrogens with zero attached hydrogens (tertiary/aromatic N) is 6. The first-order valence-corrected chi connectivity index (χ1v) is 10.9. The Balaban J connectivity index is 1.24. The van der Waals surface area contributed by atoms with Gasteiger partial charge in [-0.15, -0.1) is 16.4 Å². The molecule has 0 radical (unpaired) electrons. The molecule has 0 saturated carbocycles. The second kappa shape index (κ2) is 9.32. The molecule has 0 spiro atoms. The number of hydrogen-bond acceptors (Lipinski definition) is 7. The lowest BCUT2D eigenvalue weighted by molar-refractivity contribution is -0.133. The molecule has 0 atom stereocenters. The van der Waals surface area contributed by atoms with Crippen LogP contribution < -0.4 is 4.90 Å². The lowest BCUT2D eigenvalue weighted by atomic mass is 10.2. The van der Waals surface area contributed by atoms with E-state index in [4.69, 9.17) is 0 Å². The van der Waals surface area contributed by atoms with Crippen LogP contribution in [0.1, 0.15) is 16.1 Å². The Labute approximate surface area is 174 Å². The zero-order valence-electron chi connectivity index (χ0n) is 16.4. The maximum absolute atomic E-state index is 12.8. The fourth-order valence-electron chi connectivity index (χ4n) is 3.83. The minimum atomic E-state index is 0.0729. The van der Waals surface area contributed by atoms with Crippen molar-refractivity contribution in [2.75, 3.05) is 63.8 Å². The maximum atomic E-state index is 12.8. The monoisotopic (exact) mass is 414 g/mol. The van der Waals surface area contributed by atoms with Gasteiger partial charge < -0.3 is 14.7 Å². The second-order valence-corrected chi connectivity index (χ2v) is 8.30. The Morgan fingerprint density at radius 2 is 1.76 bits per heavy atom. The number of rotatable bonds is 4. The van der Waals surface area contributed by atoms with Crippen LogP contribution in [0.5, 0.6) is 0 Å². The molecule has 0 aliphatic carbocycles. The summed E-state index contributed by atoms with van der Waals surface area (Å²) in [6.07, 6.45) is 2.67. The molecule has 2 amide bonds. The lowest BCUT2D eigenvalue weighted by Gasteiger charge is -2.35. The number of carbonyl (C=O) groups is 2. The average Bonchev–Trinajstić information content (AvgIpc) is 3.21. The molecule has 9 heteroatoms. The predicted molar refractivity (Wildman–Crippen MR) is 112 cm³/mol. The van der Waals surface area contributed by atoms with Crippen LogP contribution in [-0.2, 0) is 4.79 Å². The van der Waals surface area contributed by atoms with Crippen molar-refractivity contribution in [3.8, 4) is 0 Å². The largest absolute Gasteiger partial charge is 0.354 e. The molecule has 2 saturated heterocycles. The standard InChI is InChI=1S/C20H26N6O2S/c27-19(25-11-13-26(14-12-25)20(28)17-4-2-15-29-17)16-23-7-3-8-24(10-9-23)18-5-1-6-21-22-18/h1-2,4-6,15H,3,7-14,16H2. The fraction of sp³-hybridized carbons (Fsp3) is 0.500. The molecule has 2 aromatic heterocycles. The molecule has 0 unspecified atom stereocenters. The van der Waals surface area contributed by atoms with Crippen LogP contribution in [0.3, 0.4) is 0 Å². The highest BCUT2D eigenvalue weighted by Gasteiger charge is 2.26. The fourth-order valence-corrected chi connectivity index (χ4v) is 4.52. The van der Waals surface area contributed by atoms with Crippen molar-refractivity contribution in [2.24, 2.45) is 0 Å². The molecule has 0 N–H and O–H groups in total. The molecule has 0 aromatic carbocycles. The van der Waals surface area contributed by atoms with Crippen LogP contribution in [-0.4, -0.2) is 95.6 Å². The number of thiophene rings is 1. The van der Waals surface area contributed by atoms with E-state index in [-0.39, 0.29) is 11.8 Å². The third-order valence-electron chi connectivity index (χ3n) is 5.48. The van der Waals surface area contributed by atoms with Gasteiger partial charge in [0, 0.05) is 58.6 Å². The van der Waals surface area contributed by atoms with Gasteiger partial charge >= 0.3 is 0 Å². The van der Waals surface area contributed by atoms with Gasteiger partial charge in [-0.1, -0.05) is 6.07 Å². The average molecular weight is 415 g/mol. The molecule has 2 fully saturated rings. The lowest BCUT2D eigenvalue weighted by Crippen LogP contribution is -2.52. The summed E-state index contributed by atoms with van der Waals surface area (Å²) in [6, 6.07) is 7.63. The predicted octanol–water partition coefficient (Wildman–Crippen LogP) is 1.03. The summed E-state index contributed by atoms with van der Waals surface area (Å²) in [5, 5.41) is 10.1. The van der Waals surface area contributed by atoms with Crippen molar-refractivity contribution in [1.29, 1.82) is 0 Å². The van der Waals surface area contributed by atoms with E-state index in [0.29, 0.717) is 32.7 Å². The Morgan fingerprint density at radius 1 is 0.931 bits per heavy atom. The van der Waals surface area contributed by atoms with E-state index in [1.165, 1.54) is 11.3 Å². The van der Waals surface area contributed by atoms with E-state index in [1.807, 2.05) is 39.4 Å². The van der Waals surface area contributed by atoms with Gasteiger partial charge in [0.1, 0.15) is 0 Å². The first-order valence-electron chi connectivity index (χ1n) is 10.1. The quantitative estimate of drug-likeness (QED) is 0.744. The molecule has 154 valence electrons. The zero-order chi connectivity index (χ0) is 20.1. The summed E-state index contributed by atoms with van der Waals surface area (Å²) in [5.74, 6) is 1.12. The van der Waals surface area contributed by atoms with Crippen molar-refractivity contribution in [2.45, 2.75) is 6.42 Å². The topological polar surface area (TPSA) is 72.9 Å². The van der Waals surface area contributed by atoms with Crippen LogP contribution in [0.2, 0.25) is 0 Å². The van der Waals surface area contributed by atoms with Crippen molar-refractivity contribution >= 4 is 29.0 Å². The molecule has 4 heterocycles. The first-order chi connectivity index (χ1) is 14.2. The van der Waals surface area contributed by atoms with Gasteiger partial charge in [-0.25, -0.2) is 0 Å². The maximum Gasteiger partial charge on any atom is 0.264 e. The van der Waals surface area contributed by atoms with E-state index in [2.05, 4.69) is 20.0 Å². The van der Waals surface area contributed by atoms with Crippen molar-refractivity contribution in [3.05, 3.63) is 40.7 Å². The van der Waals surface area contributed by atoms with Gasteiger partial charge in [-0.05, 0) is 30.0 Å². The minimum absolute atomic E-state index is 0.0729. The number of carbonyl (C=O) groups excluding carboxylic acids is 2. The Morgan fingerprint density at radius 3 is 2.48 bits per heavy atom. The highest BCUT2D eigenvalue weighted by atomic mass is 32.1. The summed E-state index contributed by atoms with van der Waals surface area (Å²) < 4.78 is 0. The van der Waals surface area contributed by atoms with Gasteiger partial charge in [-0.2, -0.15) is 5.10 Å². The molecular formula is C20H26N6O2S. The van der Waals surface area contributed by atoms with Gasteiger partial charge in [0.05, 0.1) is 11.4 Å². The van der Waals surface area contributed by atoms with E-state index < -0.39 is 0 Å². The molecule has 2 aliphatic rings. The highest BCUT2D eigenvalue weighted by Crippen LogP contribution is 2.15. The molecule has 2 aromatic rings. The summed E-state index contributed by atoms with van der Waals surface area (Å²) in [4.78, 5) is 34.2. The minimum Gasteiger partial charge on any atom is -0.354 e. The summed E-state index contributed by atoms with van der Waals surface area (Å²) >= 11 is 1.46. The van der Waals surface area contributed by atoms with Gasteiger partial charge in [0.15, 0.2) is 5.82 Å². The highest BCUT2D eigenvalue weighted by molar-refractivity contribution is 7.12. The smallest absolute Gasteiger partial charge is 0.264 e. The second-order valence-electron chi connectivity index (χ2n) is 7.35. The van der Waals surface area contributed by atoms with Gasteiger partial charge in [0.25, 0.3) is 5.91 Å². The number of piperazine rings is 1. The first kappa shape index (κ1) is 19.8. The molecule has 4 rings (SSSR count). The Bertz CT molecular complexity index is 808. The van der Waals surface area contributed by atoms with Crippen LogP contribution in [0.4, 0.5) is 5.82 Å². The molecular weight excluding hydrogens is 388 g/mol. The third kappa shape index (κ3) is 4.91. The Hall–Kier alpha value is -2.52. The number of amides is 2. The summed E-state index contributed by atoms with van der Waals surface area (Å²) in [7, 11) is 0. The van der Waals surface area contributed by atoms with E-state index in [1.54, 1.807) is 6.20 Å². The molecule has 2 aliphatic heterocycles. The van der Waals surface area contributed by atoms with Gasteiger partial charge in [0.2, 0.25) is 5.91 Å². The molecule has 29 heavy (non-hydrogen) atoms. The molecule has 8 nitrogen and oxygen atoms in total. The SMILES string of the molecule is O=C(CN1CCCN(c2cccnn2)CC1)N1CCN(C(=O)c2cccs2)CC1. The van der Waals surface area contributed by atoms with Crippen LogP contribution >= 0.6 is 11.3 Å². The third-order valence-corrected chi connectivity index (χ3v) is 6.34. The van der Waals surface area contributed by atoms with Crippen LogP contribution in [0.15, 0.2) is 35.8 Å². The Kier molecular flexibility index (Phi) is 6.36. The normalized spacial score (nSPS) is 18.6. The van der Waals surface area contributed by atoms with Gasteiger partial charge in [-0.3, -0.25) is 14.5 Å².